The molecule has 1 saturated heterocycles. The first-order chi connectivity index (χ1) is 20.2. The zero-order valence-corrected chi connectivity index (χ0v) is 24.7. The molecule has 5 rings (SSSR count). The van der Waals surface area contributed by atoms with Gasteiger partial charge in [-0.15, -0.1) is 0 Å². The molecule has 1 N–H and O–H groups in total. The Labute approximate surface area is 247 Å². The molecular weight excluding hydrogens is 553 g/mol. The topological polar surface area (TPSA) is 86.8 Å². The van der Waals surface area contributed by atoms with Gasteiger partial charge in [-0.3, -0.25) is 9.59 Å². The first kappa shape index (κ1) is 29.9. The second kappa shape index (κ2) is 13.2. The van der Waals surface area contributed by atoms with Crippen LogP contribution < -0.4 is 5.32 Å². The Morgan fingerprint density at radius 3 is 2.19 bits per heavy atom. The average Bonchev–Trinajstić information content (AvgIpc) is 3.76. The summed E-state index contributed by atoms with van der Waals surface area (Å²) in [6.45, 7) is 1.10. The molecule has 1 aliphatic heterocycles. The lowest BCUT2D eigenvalue weighted by Gasteiger charge is -2.35. The molecule has 3 atom stereocenters. The molecule has 0 aromatic heterocycles. The third kappa shape index (κ3) is 7.83. The summed E-state index contributed by atoms with van der Waals surface area (Å²) in [6, 6.07) is 23.9. The van der Waals surface area contributed by atoms with E-state index in [0.717, 1.165) is 41.5 Å². The number of hydrogen-bond acceptors (Lipinski definition) is 4. The van der Waals surface area contributed by atoms with E-state index in [1.165, 1.54) is 22.7 Å². The summed E-state index contributed by atoms with van der Waals surface area (Å²) in [6.07, 6.45) is 4.59. The third-order valence-electron chi connectivity index (χ3n) is 8.37. The predicted molar refractivity (Wildman–Crippen MR) is 162 cm³/mol. The van der Waals surface area contributed by atoms with Gasteiger partial charge in [-0.05, 0) is 65.5 Å². The van der Waals surface area contributed by atoms with Crippen LogP contribution in [-0.2, 0) is 26.0 Å². The number of amides is 2. The van der Waals surface area contributed by atoms with Crippen molar-refractivity contribution in [2.45, 2.75) is 44.1 Å². The lowest BCUT2D eigenvalue weighted by atomic mass is 10.0. The maximum atomic E-state index is 13.6. The summed E-state index contributed by atoms with van der Waals surface area (Å²) < 4.78 is 38.5. The van der Waals surface area contributed by atoms with Gasteiger partial charge in [0.05, 0.1) is 12.7 Å². The van der Waals surface area contributed by atoms with E-state index in [1.807, 2.05) is 66.7 Å². The standard InChI is InChI=1S/C33H38FN3O4S/c1-42(40,41)37-20-18-36(19-21-37)33(39)31(9-5-8-28-23-30(28)27-14-16-29(34)17-15-27)35-32(38)22-24-10-12-26(13-11-24)25-6-3-2-4-7-25/h2-4,6-7,10-17,28,30-31H,5,8-9,18-23H2,1H3,(H,35,38)/t28-,30+,31+/m1/s1. The second-order valence-electron chi connectivity index (χ2n) is 11.4. The maximum Gasteiger partial charge on any atom is 0.245 e. The molecule has 3 aromatic rings. The highest BCUT2D eigenvalue weighted by Gasteiger charge is 2.38. The van der Waals surface area contributed by atoms with E-state index in [2.05, 4.69) is 5.32 Å². The maximum absolute atomic E-state index is 13.6. The number of hydrogen-bond donors (Lipinski definition) is 1. The van der Waals surface area contributed by atoms with Gasteiger partial charge in [0.2, 0.25) is 21.8 Å². The molecular formula is C33H38FN3O4S. The van der Waals surface area contributed by atoms with Gasteiger partial charge in [0.1, 0.15) is 11.9 Å². The molecule has 7 nitrogen and oxygen atoms in total. The van der Waals surface area contributed by atoms with Crippen molar-refractivity contribution >= 4 is 21.8 Å². The van der Waals surface area contributed by atoms with Crippen molar-refractivity contribution in [3.8, 4) is 11.1 Å². The number of piperazine rings is 1. The van der Waals surface area contributed by atoms with Crippen LogP contribution in [0.4, 0.5) is 4.39 Å². The Kier molecular flexibility index (Phi) is 9.38. The number of nitrogens with zero attached hydrogens (tertiary/aromatic N) is 2. The van der Waals surface area contributed by atoms with Crippen LogP contribution in [0.25, 0.3) is 11.1 Å². The fraction of sp³-hybridized carbons (Fsp3) is 0.394. The molecule has 1 saturated carbocycles. The van der Waals surface area contributed by atoms with Crippen molar-refractivity contribution in [1.82, 2.24) is 14.5 Å². The van der Waals surface area contributed by atoms with E-state index in [9.17, 15) is 22.4 Å². The van der Waals surface area contributed by atoms with Crippen molar-refractivity contribution in [2.75, 3.05) is 32.4 Å². The van der Waals surface area contributed by atoms with Crippen LogP contribution in [-0.4, -0.2) is 67.9 Å². The lowest BCUT2D eigenvalue weighted by molar-refractivity contribution is -0.137. The molecule has 1 aliphatic carbocycles. The minimum absolute atomic E-state index is 0.163. The molecule has 2 aliphatic rings. The SMILES string of the molecule is CS(=O)(=O)N1CCN(C(=O)[C@H](CCC[C@@H]2C[C@H]2c2ccc(F)cc2)NC(=O)Cc2ccc(-c3ccccc3)cc2)CC1. The van der Waals surface area contributed by atoms with Crippen molar-refractivity contribution in [3.63, 3.8) is 0 Å². The van der Waals surface area contributed by atoms with Crippen molar-refractivity contribution in [2.24, 2.45) is 5.92 Å². The van der Waals surface area contributed by atoms with Gasteiger partial charge in [-0.1, -0.05) is 73.2 Å². The normalized spacial score (nSPS) is 19.7. The van der Waals surface area contributed by atoms with Gasteiger partial charge in [0, 0.05) is 26.2 Å². The van der Waals surface area contributed by atoms with Crippen molar-refractivity contribution in [1.29, 1.82) is 0 Å². The first-order valence-corrected chi connectivity index (χ1v) is 16.5. The van der Waals surface area contributed by atoms with Crippen LogP contribution in [0.15, 0.2) is 78.9 Å². The first-order valence-electron chi connectivity index (χ1n) is 14.6. The highest BCUT2D eigenvalue weighted by molar-refractivity contribution is 7.88. The molecule has 0 spiro atoms. The minimum atomic E-state index is -3.31. The molecule has 0 radical (unpaired) electrons. The van der Waals surface area contributed by atoms with Gasteiger partial charge >= 0.3 is 0 Å². The number of halogens is 1. The largest absolute Gasteiger partial charge is 0.344 e. The minimum Gasteiger partial charge on any atom is -0.344 e. The van der Waals surface area contributed by atoms with Gasteiger partial charge < -0.3 is 10.2 Å². The van der Waals surface area contributed by atoms with Gasteiger partial charge in [0.15, 0.2) is 0 Å². The number of nitrogens with one attached hydrogen (secondary N) is 1. The lowest BCUT2D eigenvalue weighted by Crippen LogP contribution is -2.55. The number of carbonyl (C=O) groups is 2. The Bertz CT molecular complexity index is 1470. The van der Waals surface area contributed by atoms with Crippen molar-refractivity contribution in [3.05, 3.63) is 95.8 Å². The molecule has 222 valence electrons. The zero-order chi connectivity index (χ0) is 29.7. The molecule has 2 amide bonds. The van der Waals surface area contributed by atoms with E-state index < -0.39 is 16.1 Å². The van der Waals surface area contributed by atoms with E-state index in [0.29, 0.717) is 31.3 Å². The summed E-state index contributed by atoms with van der Waals surface area (Å²) in [7, 11) is -3.31. The van der Waals surface area contributed by atoms with Crippen LogP contribution in [0.5, 0.6) is 0 Å². The Morgan fingerprint density at radius 1 is 0.905 bits per heavy atom. The Morgan fingerprint density at radius 2 is 1.55 bits per heavy atom. The second-order valence-corrected chi connectivity index (χ2v) is 13.4. The highest BCUT2D eigenvalue weighted by Crippen LogP contribution is 2.50. The molecule has 0 bridgehead atoms. The summed E-state index contributed by atoms with van der Waals surface area (Å²) in [5.41, 5.74) is 4.18. The van der Waals surface area contributed by atoms with E-state index >= 15 is 0 Å². The molecule has 0 unspecified atom stereocenters. The predicted octanol–water partition coefficient (Wildman–Crippen LogP) is 4.60. The average molecular weight is 592 g/mol. The summed E-state index contributed by atoms with van der Waals surface area (Å²) in [5, 5.41) is 2.99. The van der Waals surface area contributed by atoms with E-state index in [4.69, 9.17) is 0 Å². The third-order valence-corrected chi connectivity index (χ3v) is 9.67. The number of sulfonamides is 1. The van der Waals surface area contributed by atoms with Gasteiger partial charge in [0.25, 0.3) is 0 Å². The monoisotopic (exact) mass is 591 g/mol. The number of benzene rings is 3. The van der Waals surface area contributed by atoms with E-state index in [-0.39, 0.29) is 37.1 Å². The van der Waals surface area contributed by atoms with Crippen LogP contribution in [0.1, 0.15) is 42.7 Å². The molecule has 42 heavy (non-hydrogen) atoms. The molecule has 2 fully saturated rings. The Hall–Kier alpha value is -3.56. The van der Waals surface area contributed by atoms with Gasteiger partial charge in [-0.25, -0.2) is 12.8 Å². The molecule has 1 heterocycles. The fourth-order valence-corrected chi connectivity index (χ4v) is 6.69. The molecule has 9 heteroatoms. The van der Waals surface area contributed by atoms with Crippen molar-refractivity contribution < 1.29 is 22.4 Å². The van der Waals surface area contributed by atoms with Crippen LogP contribution in [0.3, 0.4) is 0 Å². The summed E-state index contributed by atoms with van der Waals surface area (Å²) in [5.74, 6) is 0.283. The van der Waals surface area contributed by atoms with Gasteiger partial charge in [-0.2, -0.15) is 4.31 Å². The fourth-order valence-electron chi connectivity index (χ4n) is 5.86. The van der Waals surface area contributed by atoms with Crippen LogP contribution >= 0.6 is 0 Å². The summed E-state index contributed by atoms with van der Waals surface area (Å²) >= 11 is 0. The number of carbonyl (C=O) groups excluding carboxylic acids is 2. The van der Waals surface area contributed by atoms with Crippen LogP contribution in [0.2, 0.25) is 0 Å². The smallest absolute Gasteiger partial charge is 0.245 e. The quantitative estimate of drug-likeness (QED) is 0.353. The zero-order valence-electron chi connectivity index (χ0n) is 23.9. The molecule has 3 aromatic carbocycles. The Balaban J connectivity index is 1.19. The summed E-state index contributed by atoms with van der Waals surface area (Å²) in [4.78, 5) is 28.3. The van der Waals surface area contributed by atoms with Crippen LogP contribution in [0, 0.1) is 11.7 Å². The van der Waals surface area contributed by atoms with E-state index in [1.54, 1.807) is 4.90 Å². The highest BCUT2D eigenvalue weighted by atomic mass is 32.2. The number of rotatable bonds is 11.